The van der Waals surface area contributed by atoms with E-state index in [1.54, 1.807) is 13.1 Å². The second-order valence-electron chi connectivity index (χ2n) is 4.45. The number of halogens is 1. The normalized spacial score (nSPS) is 15.5. The Morgan fingerprint density at radius 3 is 3.05 bits per heavy atom. The second kappa shape index (κ2) is 4.86. The van der Waals surface area contributed by atoms with Gasteiger partial charge in [-0.05, 0) is 31.7 Å². The molecule has 1 aliphatic heterocycles. The lowest BCUT2D eigenvalue weighted by Crippen LogP contribution is -2.10. The van der Waals surface area contributed by atoms with E-state index in [2.05, 4.69) is 14.3 Å². The van der Waals surface area contributed by atoms with Crippen molar-refractivity contribution in [3.63, 3.8) is 0 Å². The van der Waals surface area contributed by atoms with Crippen LogP contribution < -0.4 is 4.72 Å². The molecule has 6 heteroatoms. The van der Waals surface area contributed by atoms with E-state index in [-0.39, 0.29) is 5.82 Å². The number of hydrogen-bond acceptors (Lipinski definition) is 2. The van der Waals surface area contributed by atoms with Crippen LogP contribution in [0.1, 0.15) is 12.2 Å². The first kappa shape index (κ1) is 12.5. The van der Waals surface area contributed by atoms with Crippen molar-refractivity contribution in [3.8, 4) is 11.3 Å². The fourth-order valence-corrected chi connectivity index (χ4v) is 2.97. The topological polar surface area (TPSA) is 46.9 Å². The Labute approximate surface area is 113 Å². The Morgan fingerprint density at radius 2 is 2.32 bits per heavy atom. The van der Waals surface area contributed by atoms with Crippen LogP contribution in [0.2, 0.25) is 0 Å². The number of aryl methyl sites for hydroxylation is 2. The fourth-order valence-electron chi connectivity index (χ4n) is 2.32. The van der Waals surface area contributed by atoms with Gasteiger partial charge in [0.1, 0.15) is 22.6 Å². The molecule has 2 heterocycles. The van der Waals surface area contributed by atoms with Crippen molar-refractivity contribution in [2.24, 2.45) is 0 Å². The lowest BCUT2D eigenvalue weighted by atomic mass is 10.1. The van der Waals surface area contributed by atoms with E-state index in [1.165, 1.54) is 12.1 Å². The van der Waals surface area contributed by atoms with Crippen molar-refractivity contribution in [2.75, 3.05) is 7.05 Å². The van der Waals surface area contributed by atoms with Gasteiger partial charge < -0.3 is 4.57 Å². The molecule has 0 bridgehead atoms. The lowest BCUT2D eigenvalue weighted by Gasteiger charge is -2.04. The van der Waals surface area contributed by atoms with Crippen molar-refractivity contribution >= 4 is 11.0 Å². The van der Waals surface area contributed by atoms with Crippen LogP contribution in [-0.2, 0) is 24.0 Å². The Kier molecular flexibility index (Phi) is 3.20. The van der Waals surface area contributed by atoms with E-state index in [1.807, 2.05) is 6.20 Å². The van der Waals surface area contributed by atoms with Crippen molar-refractivity contribution in [3.05, 3.63) is 36.0 Å². The molecule has 0 radical (unpaired) electrons. The third kappa shape index (κ3) is 2.21. The van der Waals surface area contributed by atoms with Gasteiger partial charge in [-0.2, -0.15) is 0 Å². The van der Waals surface area contributed by atoms with Gasteiger partial charge in [0.15, 0.2) is 0 Å². The maximum atomic E-state index is 13.9. The highest BCUT2D eigenvalue weighted by atomic mass is 32.2. The number of nitrogens with one attached hydrogen (secondary N) is 1. The van der Waals surface area contributed by atoms with Gasteiger partial charge in [-0.3, -0.25) is 0 Å². The minimum absolute atomic E-state index is 0.339. The van der Waals surface area contributed by atoms with Crippen LogP contribution >= 0.6 is 0 Å². The predicted octanol–water partition coefficient (Wildman–Crippen LogP) is 1.88. The molecule has 100 valence electrons. The third-order valence-corrected chi connectivity index (χ3v) is 4.32. The lowest BCUT2D eigenvalue weighted by molar-refractivity contribution is 0.629. The average molecular weight is 279 g/mol. The number of imidazole rings is 1. The average Bonchev–Trinajstić information content (AvgIpc) is 2.99. The van der Waals surface area contributed by atoms with Crippen LogP contribution in [0.3, 0.4) is 0 Å². The summed E-state index contributed by atoms with van der Waals surface area (Å²) in [6.07, 6.45) is 3.89. The SMILES string of the molecule is CNS(=O)c1ccc(F)c(-c2cn3c(n2)CCC3)c1. The first-order valence-electron chi connectivity index (χ1n) is 6.14. The Morgan fingerprint density at radius 1 is 1.47 bits per heavy atom. The molecule has 1 N–H and O–H groups in total. The summed E-state index contributed by atoms with van der Waals surface area (Å²) in [5.74, 6) is 0.656. The first-order chi connectivity index (χ1) is 9.19. The minimum Gasteiger partial charge on any atom is -0.334 e. The summed E-state index contributed by atoms with van der Waals surface area (Å²) >= 11 is 0. The number of benzene rings is 1. The van der Waals surface area contributed by atoms with Crippen LogP contribution in [0.5, 0.6) is 0 Å². The summed E-state index contributed by atoms with van der Waals surface area (Å²) < 4.78 is 30.3. The summed E-state index contributed by atoms with van der Waals surface area (Å²) in [6, 6.07) is 4.46. The molecule has 1 unspecified atom stereocenters. The summed E-state index contributed by atoms with van der Waals surface area (Å²) in [4.78, 5) is 5.00. The largest absolute Gasteiger partial charge is 0.334 e. The van der Waals surface area contributed by atoms with Gasteiger partial charge >= 0.3 is 0 Å². The molecule has 1 atom stereocenters. The highest BCUT2D eigenvalue weighted by molar-refractivity contribution is 7.83. The van der Waals surface area contributed by atoms with Crippen molar-refractivity contribution < 1.29 is 8.60 Å². The van der Waals surface area contributed by atoms with Gasteiger partial charge in [0.05, 0.1) is 10.6 Å². The van der Waals surface area contributed by atoms with Gasteiger partial charge in [0.2, 0.25) is 0 Å². The minimum atomic E-state index is -1.32. The molecule has 4 nitrogen and oxygen atoms in total. The van der Waals surface area contributed by atoms with Crippen molar-refractivity contribution in [1.29, 1.82) is 0 Å². The molecule has 19 heavy (non-hydrogen) atoms. The van der Waals surface area contributed by atoms with Gasteiger partial charge in [-0.25, -0.2) is 18.3 Å². The number of rotatable bonds is 3. The predicted molar refractivity (Wildman–Crippen MR) is 71.4 cm³/mol. The Balaban J connectivity index is 2.05. The molecule has 0 fully saturated rings. The maximum Gasteiger partial charge on any atom is 0.132 e. The number of fused-ring (bicyclic) bond motifs is 1. The van der Waals surface area contributed by atoms with Gasteiger partial charge in [-0.1, -0.05) is 0 Å². The highest BCUT2D eigenvalue weighted by Crippen LogP contribution is 2.26. The summed E-state index contributed by atoms with van der Waals surface area (Å²) in [7, 11) is 0.281. The monoisotopic (exact) mass is 279 g/mol. The van der Waals surface area contributed by atoms with Gasteiger partial charge in [-0.15, -0.1) is 0 Å². The standard InChI is InChI=1S/C13H14FN3OS/c1-15-19(18)9-4-5-11(14)10(7-9)12-8-17-6-2-3-13(17)16-12/h4-5,7-8,15H,2-3,6H2,1H3. The molecule has 1 aromatic carbocycles. The molecule has 0 spiro atoms. The zero-order valence-electron chi connectivity index (χ0n) is 10.5. The number of aromatic nitrogens is 2. The zero-order chi connectivity index (χ0) is 13.4. The zero-order valence-corrected chi connectivity index (χ0v) is 11.3. The Bertz CT molecular complexity index is 632. The van der Waals surface area contributed by atoms with Gasteiger partial charge in [0.25, 0.3) is 0 Å². The molecule has 0 aliphatic carbocycles. The van der Waals surface area contributed by atoms with E-state index in [9.17, 15) is 8.60 Å². The number of hydrogen-bond donors (Lipinski definition) is 1. The number of nitrogens with zero attached hydrogens (tertiary/aromatic N) is 2. The molecular weight excluding hydrogens is 265 g/mol. The highest BCUT2D eigenvalue weighted by Gasteiger charge is 2.17. The maximum absolute atomic E-state index is 13.9. The molecule has 2 aromatic rings. The fraction of sp³-hybridized carbons (Fsp3) is 0.308. The van der Waals surface area contributed by atoms with E-state index in [4.69, 9.17) is 0 Å². The van der Waals surface area contributed by atoms with E-state index in [0.717, 1.165) is 25.2 Å². The molecule has 0 saturated heterocycles. The van der Waals surface area contributed by atoms with Crippen LogP contribution in [0.15, 0.2) is 29.3 Å². The smallest absolute Gasteiger partial charge is 0.132 e. The molecule has 0 amide bonds. The summed E-state index contributed by atoms with van der Waals surface area (Å²) in [5.41, 5.74) is 1.02. The third-order valence-electron chi connectivity index (χ3n) is 3.27. The van der Waals surface area contributed by atoms with Crippen LogP contribution in [0, 0.1) is 5.82 Å². The molecule has 0 saturated carbocycles. The summed E-state index contributed by atoms with van der Waals surface area (Å²) in [6.45, 7) is 0.937. The molecule has 3 rings (SSSR count). The summed E-state index contributed by atoms with van der Waals surface area (Å²) in [5, 5.41) is 0. The molecule has 1 aliphatic rings. The van der Waals surface area contributed by atoms with E-state index in [0.29, 0.717) is 16.2 Å². The van der Waals surface area contributed by atoms with Crippen LogP contribution in [-0.4, -0.2) is 20.8 Å². The molecular formula is C13H14FN3OS. The van der Waals surface area contributed by atoms with E-state index >= 15 is 0 Å². The van der Waals surface area contributed by atoms with Crippen molar-refractivity contribution in [1.82, 2.24) is 14.3 Å². The Hall–Kier alpha value is -1.53. The first-order valence-corrected chi connectivity index (χ1v) is 7.29. The second-order valence-corrected chi connectivity index (χ2v) is 5.87. The van der Waals surface area contributed by atoms with Gasteiger partial charge in [0, 0.05) is 24.7 Å². The van der Waals surface area contributed by atoms with Crippen LogP contribution in [0.4, 0.5) is 4.39 Å². The van der Waals surface area contributed by atoms with Crippen LogP contribution in [0.25, 0.3) is 11.3 Å². The quantitative estimate of drug-likeness (QED) is 0.932. The molecule has 1 aromatic heterocycles. The van der Waals surface area contributed by atoms with E-state index < -0.39 is 11.0 Å². The van der Waals surface area contributed by atoms with Crippen molar-refractivity contribution in [2.45, 2.75) is 24.3 Å².